The van der Waals surface area contributed by atoms with Crippen LogP contribution in [0.5, 0.6) is 0 Å². The molecule has 86 valence electrons. The van der Waals surface area contributed by atoms with Crippen LogP contribution in [0.15, 0.2) is 24.3 Å². The summed E-state index contributed by atoms with van der Waals surface area (Å²) in [4.78, 5) is 10.4. The lowest BCUT2D eigenvalue weighted by molar-refractivity contribution is -0.384. The number of nitrogens with two attached hydrogens (primary N) is 1. The molecule has 5 nitrogen and oxygen atoms in total. The first kappa shape index (κ1) is 12.2. The predicted molar refractivity (Wildman–Crippen MR) is 65.1 cm³/mol. The van der Waals surface area contributed by atoms with Gasteiger partial charge in [0.25, 0.3) is 5.69 Å². The molecule has 5 heteroatoms. The summed E-state index contributed by atoms with van der Waals surface area (Å²) >= 11 is 0. The van der Waals surface area contributed by atoms with Gasteiger partial charge in [-0.25, -0.2) is 0 Å². The van der Waals surface area contributed by atoms with Crippen LogP contribution in [0, 0.1) is 10.1 Å². The normalized spacial score (nSPS) is 10.8. The smallest absolute Gasteiger partial charge is 0.299 e. The fourth-order valence-corrected chi connectivity index (χ4v) is 1.36. The number of benzene rings is 1. The monoisotopic (exact) mass is 221 g/mol. The zero-order chi connectivity index (χ0) is 12.0. The molecular formula is C11H15N3O2. The molecule has 0 aliphatic rings. The Morgan fingerprint density at radius 1 is 1.56 bits per heavy atom. The predicted octanol–water partition coefficient (Wildman–Crippen LogP) is 1.80. The summed E-state index contributed by atoms with van der Waals surface area (Å²) in [7, 11) is 1.86. The Morgan fingerprint density at radius 2 is 2.31 bits per heavy atom. The molecule has 0 fully saturated rings. The molecule has 1 rings (SSSR count). The molecule has 0 aliphatic heterocycles. The Kier molecular flexibility index (Phi) is 4.47. The lowest BCUT2D eigenvalue weighted by Crippen LogP contribution is -2.05. The molecule has 3 N–H and O–H groups in total. The van der Waals surface area contributed by atoms with Gasteiger partial charge in [-0.2, -0.15) is 0 Å². The van der Waals surface area contributed by atoms with E-state index in [-0.39, 0.29) is 11.4 Å². The first-order valence-electron chi connectivity index (χ1n) is 5.01. The Bertz CT molecular complexity index is 402. The highest BCUT2D eigenvalue weighted by Gasteiger charge is 2.14. The van der Waals surface area contributed by atoms with Gasteiger partial charge < -0.3 is 11.1 Å². The van der Waals surface area contributed by atoms with Crippen LogP contribution in [0.25, 0.3) is 6.08 Å². The van der Waals surface area contributed by atoms with Crippen molar-refractivity contribution >= 4 is 17.5 Å². The maximum Gasteiger partial charge on any atom is 0.299 e. The minimum Gasteiger partial charge on any atom is -0.393 e. The van der Waals surface area contributed by atoms with Crippen LogP contribution in [0.3, 0.4) is 0 Å². The molecule has 0 saturated heterocycles. The number of nitrogens with zero attached hydrogens (tertiary/aromatic N) is 1. The number of nitrogen functional groups attached to an aromatic ring is 1. The summed E-state index contributed by atoms with van der Waals surface area (Å²) in [6.45, 7) is 0.840. The standard InChI is InChI=1S/C11H15N3O2/c1-13-8-3-2-5-9-6-4-7-10(12)11(9)14(15)16/h2,4-7,13H,3,8,12H2,1H3. The third-order valence-electron chi connectivity index (χ3n) is 2.14. The van der Waals surface area contributed by atoms with E-state index < -0.39 is 4.92 Å². The van der Waals surface area contributed by atoms with E-state index in [0.29, 0.717) is 5.56 Å². The van der Waals surface area contributed by atoms with Crippen molar-refractivity contribution in [2.24, 2.45) is 0 Å². The van der Waals surface area contributed by atoms with E-state index in [1.165, 1.54) is 6.07 Å². The van der Waals surface area contributed by atoms with Crippen molar-refractivity contribution in [1.29, 1.82) is 0 Å². The van der Waals surface area contributed by atoms with E-state index in [1.807, 2.05) is 13.1 Å². The van der Waals surface area contributed by atoms with Crippen LogP contribution in [0.4, 0.5) is 11.4 Å². The van der Waals surface area contributed by atoms with Crippen molar-refractivity contribution in [3.8, 4) is 0 Å². The van der Waals surface area contributed by atoms with Crippen LogP contribution in [-0.2, 0) is 0 Å². The van der Waals surface area contributed by atoms with Crippen LogP contribution in [-0.4, -0.2) is 18.5 Å². The third-order valence-corrected chi connectivity index (χ3v) is 2.14. The van der Waals surface area contributed by atoms with Gasteiger partial charge in [-0.1, -0.05) is 18.2 Å². The Hall–Kier alpha value is -1.88. The summed E-state index contributed by atoms with van der Waals surface area (Å²) in [6.07, 6.45) is 4.44. The highest BCUT2D eigenvalue weighted by molar-refractivity contribution is 5.71. The zero-order valence-corrected chi connectivity index (χ0v) is 9.14. The van der Waals surface area contributed by atoms with Gasteiger partial charge in [-0.15, -0.1) is 0 Å². The van der Waals surface area contributed by atoms with Crippen molar-refractivity contribution in [1.82, 2.24) is 5.32 Å². The Labute approximate surface area is 94.1 Å². The van der Waals surface area contributed by atoms with E-state index in [4.69, 9.17) is 5.73 Å². The average molecular weight is 221 g/mol. The second kappa shape index (κ2) is 5.87. The molecule has 0 unspecified atom stereocenters. The first-order valence-corrected chi connectivity index (χ1v) is 5.01. The summed E-state index contributed by atoms with van der Waals surface area (Å²) in [6, 6.07) is 4.92. The molecule has 0 saturated carbocycles. The topological polar surface area (TPSA) is 81.2 Å². The van der Waals surface area contributed by atoms with Crippen LogP contribution < -0.4 is 11.1 Å². The molecule has 0 spiro atoms. The number of nitro benzene ring substituents is 1. The second-order valence-electron chi connectivity index (χ2n) is 3.34. The molecule has 0 aliphatic carbocycles. The van der Waals surface area contributed by atoms with Crippen molar-refractivity contribution in [2.75, 3.05) is 19.3 Å². The van der Waals surface area contributed by atoms with Crippen molar-refractivity contribution < 1.29 is 4.92 Å². The largest absolute Gasteiger partial charge is 0.393 e. The maximum atomic E-state index is 10.8. The molecule has 16 heavy (non-hydrogen) atoms. The van der Waals surface area contributed by atoms with Gasteiger partial charge in [0.2, 0.25) is 0 Å². The number of rotatable bonds is 5. The minimum atomic E-state index is -0.451. The SMILES string of the molecule is CNCCC=Cc1cccc(N)c1[N+](=O)[O-]. The molecule has 0 amide bonds. The molecule has 1 aromatic rings. The Balaban J connectivity index is 2.91. The summed E-state index contributed by atoms with van der Waals surface area (Å²) < 4.78 is 0. The first-order chi connectivity index (χ1) is 7.66. The highest BCUT2D eigenvalue weighted by Crippen LogP contribution is 2.26. The fraction of sp³-hybridized carbons (Fsp3) is 0.273. The number of anilines is 1. The van der Waals surface area contributed by atoms with E-state index in [9.17, 15) is 10.1 Å². The van der Waals surface area contributed by atoms with Gasteiger partial charge in [0, 0.05) is 0 Å². The molecule has 0 radical (unpaired) electrons. The molecule has 0 atom stereocenters. The van der Waals surface area contributed by atoms with Gasteiger partial charge in [0.05, 0.1) is 10.5 Å². The van der Waals surface area contributed by atoms with E-state index in [0.717, 1.165) is 13.0 Å². The maximum absolute atomic E-state index is 10.8. The van der Waals surface area contributed by atoms with Crippen molar-refractivity contribution in [3.05, 3.63) is 40.0 Å². The van der Waals surface area contributed by atoms with Gasteiger partial charge in [-0.3, -0.25) is 10.1 Å². The molecule has 1 aromatic carbocycles. The zero-order valence-electron chi connectivity index (χ0n) is 9.14. The quantitative estimate of drug-likeness (QED) is 0.344. The lowest BCUT2D eigenvalue weighted by Gasteiger charge is -2.00. The molecule has 0 bridgehead atoms. The highest BCUT2D eigenvalue weighted by atomic mass is 16.6. The minimum absolute atomic E-state index is 0.0248. The van der Waals surface area contributed by atoms with Crippen LogP contribution in [0.2, 0.25) is 0 Å². The van der Waals surface area contributed by atoms with Gasteiger partial charge in [0.1, 0.15) is 5.69 Å². The summed E-state index contributed by atoms with van der Waals surface area (Å²) in [5.74, 6) is 0. The molecular weight excluding hydrogens is 206 g/mol. The van der Waals surface area contributed by atoms with Crippen molar-refractivity contribution in [3.63, 3.8) is 0 Å². The summed E-state index contributed by atoms with van der Waals surface area (Å²) in [5, 5.41) is 13.8. The number of hydrogen-bond acceptors (Lipinski definition) is 4. The molecule has 0 aromatic heterocycles. The van der Waals surface area contributed by atoms with Crippen LogP contribution in [0.1, 0.15) is 12.0 Å². The molecule has 0 heterocycles. The van der Waals surface area contributed by atoms with Crippen LogP contribution >= 0.6 is 0 Å². The van der Waals surface area contributed by atoms with Crippen molar-refractivity contribution in [2.45, 2.75) is 6.42 Å². The average Bonchev–Trinajstić information content (AvgIpc) is 2.24. The number of nitrogens with one attached hydrogen (secondary N) is 1. The third kappa shape index (κ3) is 3.06. The van der Waals surface area contributed by atoms with E-state index >= 15 is 0 Å². The van der Waals surface area contributed by atoms with Gasteiger partial charge in [-0.05, 0) is 32.1 Å². The number of nitro groups is 1. The van der Waals surface area contributed by atoms with Gasteiger partial charge in [0.15, 0.2) is 0 Å². The second-order valence-corrected chi connectivity index (χ2v) is 3.34. The van der Waals surface area contributed by atoms with E-state index in [2.05, 4.69) is 5.32 Å². The Morgan fingerprint density at radius 3 is 2.94 bits per heavy atom. The number of hydrogen-bond donors (Lipinski definition) is 2. The van der Waals surface area contributed by atoms with Gasteiger partial charge >= 0.3 is 0 Å². The number of para-hydroxylation sites is 1. The van der Waals surface area contributed by atoms with E-state index in [1.54, 1.807) is 18.2 Å². The fourth-order valence-electron chi connectivity index (χ4n) is 1.36. The summed E-state index contributed by atoms with van der Waals surface area (Å²) in [5.41, 5.74) is 6.28. The lowest BCUT2D eigenvalue weighted by atomic mass is 10.1.